The van der Waals surface area contributed by atoms with Gasteiger partial charge in [-0.2, -0.15) is 0 Å². The summed E-state index contributed by atoms with van der Waals surface area (Å²) in [6, 6.07) is 20.8. The molecule has 1 aliphatic rings. The maximum Gasteiger partial charge on any atom is 0.242 e. The Labute approximate surface area is 316 Å². The second-order valence-electron chi connectivity index (χ2n) is 14.6. The van der Waals surface area contributed by atoms with Gasteiger partial charge in [0.15, 0.2) is 11.5 Å². The molecule has 8 heteroatoms. The van der Waals surface area contributed by atoms with Crippen LogP contribution in [0.3, 0.4) is 0 Å². The van der Waals surface area contributed by atoms with Crippen LogP contribution in [-0.2, 0) is 9.59 Å². The molecule has 2 amide bonds. The Bertz CT molecular complexity index is 1750. The van der Waals surface area contributed by atoms with Crippen LogP contribution in [0.15, 0.2) is 72.9 Å². The average Bonchev–Trinajstić information content (AvgIpc) is 4.00. The van der Waals surface area contributed by atoms with Crippen molar-refractivity contribution in [2.45, 2.75) is 117 Å². The minimum atomic E-state index is -1.05. The topological polar surface area (TPSA) is 90.0 Å². The minimum Gasteiger partial charge on any atom is -0.493 e. The number of ether oxygens (including phenoxy) is 3. The van der Waals surface area contributed by atoms with E-state index >= 15 is 0 Å². The number of hydrogen-bond acceptors (Lipinski definition) is 6. The normalized spacial score (nSPS) is 13.1. The zero-order valence-electron chi connectivity index (χ0n) is 32.4. The number of benzene rings is 3. The third-order valence-corrected chi connectivity index (χ3v) is 10.5. The first-order valence-corrected chi connectivity index (χ1v) is 19.9. The van der Waals surface area contributed by atoms with Crippen LogP contribution in [0, 0.1) is 12.3 Å². The van der Waals surface area contributed by atoms with Crippen molar-refractivity contribution < 1.29 is 23.8 Å². The molecule has 53 heavy (non-hydrogen) atoms. The molecule has 0 unspecified atom stereocenters. The van der Waals surface area contributed by atoms with Gasteiger partial charge < -0.3 is 24.4 Å². The van der Waals surface area contributed by atoms with E-state index in [1.807, 2.05) is 78.6 Å². The summed E-state index contributed by atoms with van der Waals surface area (Å²) >= 11 is 0. The van der Waals surface area contributed by atoms with Crippen molar-refractivity contribution in [2.75, 3.05) is 31.0 Å². The van der Waals surface area contributed by atoms with Gasteiger partial charge in [0.2, 0.25) is 11.8 Å². The number of pyridine rings is 1. The molecule has 0 saturated heterocycles. The molecule has 0 aliphatic heterocycles. The predicted octanol–water partition coefficient (Wildman–Crippen LogP) is 11.6. The lowest BCUT2D eigenvalue weighted by molar-refractivity contribution is -0.132. The van der Waals surface area contributed by atoms with Gasteiger partial charge in [-0.1, -0.05) is 108 Å². The maximum absolute atomic E-state index is 14.3. The van der Waals surface area contributed by atoms with Gasteiger partial charge in [0.1, 0.15) is 16.9 Å². The zero-order valence-corrected chi connectivity index (χ0v) is 32.4. The first-order chi connectivity index (χ1) is 25.9. The molecule has 0 radical (unpaired) electrons. The molecule has 5 rings (SSSR count). The second kappa shape index (κ2) is 20.0. The van der Waals surface area contributed by atoms with Crippen LogP contribution in [0.4, 0.5) is 11.4 Å². The number of fused-ring (bicyclic) bond motifs is 1. The van der Waals surface area contributed by atoms with E-state index in [0.717, 1.165) is 41.4 Å². The molecule has 0 atom stereocenters. The first kappa shape index (κ1) is 39.6. The van der Waals surface area contributed by atoms with E-state index in [0.29, 0.717) is 48.1 Å². The molecule has 0 spiro atoms. The van der Waals surface area contributed by atoms with Crippen LogP contribution in [0.25, 0.3) is 10.9 Å². The summed E-state index contributed by atoms with van der Waals surface area (Å²) in [5.74, 6) is 2.08. The highest BCUT2D eigenvalue weighted by Gasteiger charge is 2.58. The average molecular weight is 722 g/mol. The summed E-state index contributed by atoms with van der Waals surface area (Å²) < 4.78 is 17.3. The molecule has 0 bridgehead atoms. The van der Waals surface area contributed by atoms with E-state index in [2.05, 4.69) is 17.2 Å². The van der Waals surface area contributed by atoms with Gasteiger partial charge in [0.25, 0.3) is 0 Å². The number of hydrogen-bond donors (Lipinski definition) is 1. The van der Waals surface area contributed by atoms with E-state index < -0.39 is 5.41 Å². The zero-order chi connectivity index (χ0) is 37.5. The van der Waals surface area contributed by atoms with E-state index in [1.165, 1.54) is 70.6 Å². The fourth-order valence-electron chi connectivity index (χ4n) is 6.98. The first-order valence-electron chi connectivity index (χ1n) is 19.9. The summed E-state index contributed by atoms with van der Waals surface area (Å²) in [7, 11) is 3.20. The number of amides is 2. The highest BCUT2D eigenvalue weighted by Crippen LogP contribution is 2.49. The van der Waals surface area contributed by atoms with Gasteiger partial charge >= 0.3 is 0 Å². The Morgan fingerprint density at radius 3 is 1.85 bits per heavy atom. The molecule has 1 aliphatic carbocycles. The van der Waals surface area contributed by atoms with Gasteiger partial charge in [-0.15, -0.1) is 0 Å². The quantitative estimate of drug-likeness (QED) is 0.0606. The largest absolute Gasteiger partial charge is 0.493 e. The number of aromatic nitrogens is 1. The fraction of sp³-hybridized carbons (Fsp3) is 0.489. The summed E-state index contributed by atoms with van der Waals surface area (Å²) in [6.45, 7) is 4.84. The van der Waals surface area contributed by atoms with Crippen molar-refractivity contribution >= 4 is 34.1 Å². The van der Waals surface area contributed by atoms with Crippen LogP contribution in [-0.4, -0.2) is 37.6 Å². The number of rotatable bonds is 23. The lowest BCUT2D eigenvalue weighted by Crippen LogP contribution is -2.43. The van der Waals surface area contributed by atoms with Gasteiger partial charge in [0, 0.05) is 35.6 Å². The number of carbonyl (C=O) groups is 2. The van der Waals surface area contributed by atoms with Crippen LogP contribution in [0.5, 0.6) is 23.0 Å². The third-order valence-electron chi connectivity index (χ3n) is 10.5. The summed E-state index contributed by atoms with van der Waals surface area (Å²) in [5.41, 5.74) is 2.26. The lowest BCUT2D eigenvalue weighted by Gasteiger charge is -2.27. The van der Waals surface area contributed by atoms with Crippen molar-refractivity contribution in [3.05, 3.63) is 78.5 Å². The third kappa shape index (κ3) is 11.0. The van der Waals surface area contributed by atoms with Crippen LogP contribution in [0.2, 0.25) is 0 Å². The Morgan fingerprint density at radius 1 is 0.717 bits per heavy atom. The Balaban J connectivity index is 1.21. The van der Waals surface area contributed by atoms with E-state index in [9.17, 15) is 9.59 Å². The van der Waals surface area contributed by atoms with Crippen LogP contribution < -0.4 is 24.4 Å². The summed E-state index contributed by atoms with van der Waals surface area (Å²) in [5, 5.41) is 3.81. The number of anilines is 2. The van der Waals surface area contributed by atoms with Crippen LogP contribution in [0.1, 0.15) is 115 Å². The van der Waals surface area contributed by atoms with E-state index in [4.69, 9.17) is 14.2 Å². The molecule has 1 saturated carbocycles. The minimum absolute atomic E-state index is 0.133. The molecule has 4 aromatic rings. The Kier molecular flexibility index (Phi) is 15.0. The highest BCUT2D eigenvalue weighted by atomic mass is 16.5. The van der Waals surface area contributed by atoms with E-state index in [-0.39, 0.29) is 11.8 Å². The number of methoxy groups -OCH3 is 2. The number of nitrogens with zero attached hydrogens (tertiary/aromatic N) is 2. The van der Waals surface area contributed by atoms with Crippen molar-refractivity contribution in [1.82, 2.24) is 4.98 Å². The number of nitrogens with one attached hydrogen (secondary N) is 1. The molecule has 284 valence electrons. The van der Waals surface area contributed by atoms with Gasteiger partial charge in [0.05, 0.1) is 19.7 Å². The highest BCUT2D eigenvalue weighted by molar-refractivity contribution is 6.17. The molecule has 1 fully saturated rings. The molecule has 8 nitrogen and oxygen atoms in total. The summed E-state index contributed by atoms with van der Waals surface area (Å²) in [6.07, 6.45) is 20.6. The molecule has 1 aromatic heterocycles. The van der Waals surface area contributed by atoms with Gasteiger partial charge in [-0.3, -0.25) is 14.6 Å². The Morgan fingerprint density at radius 2 is 1.28 bits per heavy atom. The van der Waals surface area contributed by atoms with Crippen molar-refractivity contribution in [2.24, 2.45) is 5.41 Å². The lowest BCUT2D eigenvalue weighted by atomic mass is 10.0. The Hall–Kier alpha value is -4.59. The van der Waals surface area contributed by atoms with Crippen molar-refractivity contribution in [1.29, 1.82) is 0 Å². The van der Waals surface area contributed by atoms with Crippen LogP contribution >= 0.6 is 0 Å². The summed E-state index contributed by atoms with van der Waals surface area (Å²) in [4.78, 5) is 34.2. The molecule has 3 aromatic carbocycles. The van der Waals surface area contributed by atoms with Gasteiger partial charge in [-0.25, -0.2) is 0 Å². The fourth-order valence-corrected chi connectivity index (χ4v) is 6.98. The van der Waals surface area contributed by atoms with Crippen molar-refractivity contribution in [3.63, 3.8) is 0 Å². The maximum atomic E-state index is 14.3. The van der Waals surface area contributed by atoms with Crippen molar-refractivity contribution in [3.8, 4) is 23.0 Å². The monoisotopic (exact) mass is 721 g/mol. The molecular formula is C45H59N3O5. The predicted molar refractivity (Wildman–Crippen MR) is 216 cm³/mol. The number of unbranched alkanes of at least 4 members (excludes halogenated alkanes) is 13. The number of aryl methyl sites for hydroxylation is 1. The van der Waals surface area contributed by atoms with E-state index in [1.54, 1.807) is 20.4 Å². The second-order valence-corrected chi connectivity index (χ2v) is 14.6. The smallest absolute Gasteiger partial charge is 0.242 e. The molecule has 1 heterocycles. The molecule has 1 N–H and O–H groups in total. The number of carbonyl (C=O) groups excluding carboxylic acids is 2. The SMILES string of the molecule is CCCCCCCCCCCCCCCCN(C(=O)C1(C(=O)Nc2ccc(C)cc2)CC1)c1ccc(Oc2ccnc3cc(OC)c(OC)cc23)cc1. The standard InChI is InChI=1S/C45H59N3O5/c1-5-6-7-8-9-10-11-12-13-14-15-16-17-18-31-48(44(50)45(28-29-45)43(49)47-35-21-19-34(2)20-22-35)36-23-25-37(26-24-36)53-40-27-30-46-39-33-42(52-4)41(51-3)32-38(39)40/h19-27,30,32-33H,5-18,28-29,31H2,1-4H3,(H,47,49). The molecular weight excluding hydrogens is 663 g/mol. The van der Waals surface area contributed by atoms with Gasteiger partial charge in [-0.05, 0) is 74.7 Å².